The second-order valence-corrected chi connectivity index (χ2v) is 6.44. The standard InChI is InChI=1S/C18H24N6O/c1-14-6-8-17(21-20-14)24-12-4-5-16(13-24)22(2)18(25)9-7-15-10-11-19-23(15)3/h6-11,16H,4-5,12-13H2,1-3H3/b9-7+. The van der Waals surface area contributed by atoms with E-state index in [0.29, 0.717) is 0 Å². The summed E-state index contributed by atoms with van der Waals surface area (Å²) in [5.41, 5.74) is 1.81. The van der Waals surface area contributed by atoms with Crippen LogP contribution in [0.15, 0.2) is 30.5 Å². The Hall–Kier alpha value is -2.70. The molecule has 7 nitrogen and oxygen atoms in total. The fourth-order valence-electron chi connectivity index (χ4n) is 3.04. The first kappa shape index (κ1) is 17.1. The van der Waals surface area contributed by atoms with Gasteiger partial charge in [-0.25, -0.2) is 0 Å². The number of aromatic nitrogens is 4. The number of hydrogen-bond acceptors (Lipinski definition) is 5. The van der Waals surface area contributed by atoms with Gasteiger partial charge in [0.25, 0.3) is 0 Å². The SMILES string of the molecule is Cc1ccc(N2CCCC(N(C)C(=O)/C=C/c3ccnn3C)C2)nn1. The predicted octanol–water partition coefficient (Wildman–Crippen LogP) is 1.66. The van der Waals surface area contributed by atoms with Gasteiger partial charge in [0, 0.05) is 45.5 Å². The lowest BCUT2D eigenvalue weighted by Crippen LogP contribution is -2.48. The summed E-state index contributed by atoms with van der Waals surface area (Å²) in [6.45, 7) is 3.65. The number of piperidine rings is 1. The Morgan fingerprint density at radius 2 is 2.16 bits per heavy atom. The molecule has 1 aliphatic heterocycles. The average Bonchev–Trinajstić information content (AvgIpc) is 3.04. The lowest BCUT2D eigenvalue weighted by molar-refractivity contribution is -0.126. The number of carbonyl (C=O) groups is 1. The molecule has 25 heavy (non-hydrogen) atoms. The number of nitrogens with zero attached hydrogens (tertiary/aromatic N) is 6. The van der Waals surface area contributed by atoms with E-state index in [1.54, 1.807) is 23.0 Å². The molecular weight excluding hydrogens is 316 g/mol. The molecule has 0 radical (unpaired) electrons. The fraction of sp³-hybridized carbons (Fsp3) is 0.444. The number of rotatable bonds is 4. The third-order valence-electron chi connectivity index (χ3n) is 4.66. The summed E-state index contributed by atoms with van der Waals surface area (Å²) in [6, 6.07) is 6.01. The van der Waals surface area contributed by atoms with Gasteiger partial charge < -0.3 is 9.80 Å². The van der Waals surface area contributed by atoms with E-state index in [1.807, 2.05) is 44.1 Å². The van der Waals surface area contributed by atoms with Gasteiger partial charge in [0.2, 0.25) is 5.91 Å². The van der Waals surface area contributed by atoms with Gasteiger partial charge in [-0.2, -0.15) is 10.2 Å². The largest absolute Gasteiger partial charge is 0.353 e. The molecule has 1 atom stereocenters. The van der Waals surface area contributed by atoms with Gasteiger partial charge >= 0.3 is 0 Å². The molecule has 1 fully saturated rings. The third kappa shape index (κ3) is 4.04. The van der Waals surface area contributed by atoms with E-state index in [1.165, 1.54) is 0 Å². The Morgan fingerprint density at radius 3 is 2.84 bits per heavy atom. The van der Waals surface area contributed by atoms with Crippen molar-refractivity contribution >= 4 is 17.8 Å². The number of carbonyl (C=O) groups excluding carboxylic acids is 1. The maximum Gasteiger partial charge on any atom is 0.246 e. The maximum absolute atomic E-state index is 12.5. The van der Waals surface area contributed by atoms with Crippen LogP contribution in [0, 0.1) is 6.92 Å². The molecule has 132 valence electrons. The summed E-state index contributed by atoms with van der Waals surface area (Å²) in [7, 11) is 3.72. The van der Waals surface area contributed by atoms with Gasteiger partial charge in [-0.3, -0.25) is 9.48 Å². The maximum atomic E-state index is 12.5. The highest BCUT2D eigenvalue weighted by Crippen LogP contribution is 2.20. The first-order valence-electron chi connectivity index (χ1n) is 8.53. The van der Waals surface area contributed by atoms with E-state index >= 15 is 0 Å². The molecule has 0 spiro atoms. The molecule has 0 N–H and O–H groups in total. The zero-order valence-electron chi connectivity index (χ0n) is 15.0. The number of likely N-dealkylation sites (N-methyl/N-ethyl adjacent to an activating group) is 1. The number of amides is 1. The molecule has 1 amide bonds. The Labute approximate surface area is 148 Å². The van der Waals surface area contributed by atoms with Crippen LogP contribution in [0.1, 0.15) is 24.2 Å². The second-order valence-electron chi connectivity index (χ2n) is 6.44. The first-order chi connectivity index (χ1) is 12.0. The van der Waals surface area contributed by atoms with Crippen molar-refractivity contribution in [2.45, 2.75) is 25.8 Å². The average molecular weight is 340 g/mol. The van der Waals surface area contributed by atoms with Crippen LogP contribution >= 0.6 is 0 Å². The predicted molar refractivity (Wildman–Crippen MR) is 97.0 cm³/mol. The van der Waals surface area contributed by atoms with Gasteiger partial charge in [-0.1, -0.05) is 0 Å². The van der Waals surface area contributed by atoms with Crippen LogP contribution in [-0.4, -0.2) is 57.0 Å². The van der Waals surface area contributed by atoms with E-state index in [2.05, 4.69) is 20.2 Å². The highest BCUT2D eigenvalue weighted by Gasteiger charge is 2.26. The van der Waals surface area contributed by atoms with Crippen LogP contribution in [0.5, 0.6) is 0 Å². The lowest BCUT2D eigenvalue weighted by Gasteiger charge is -2.37. The zero-order valence-corrected chi connectivity index (χ0v) is 15.0. The fourth-order valence-corrected chi connectivity index (χ4v) is 3.04. The van der Waals surface area contributed by atoms with Crippen molar-refractivity contribution in [2.24, 2.45) is 7.05 Å². The molecule has 1 aliphatic rings. The number of hydrogen-bond donors (Lipinski definition) is 0. The Kier molecular flexibility index (Phi) is 5.11. The molecule has 0 aliphatic carbocycles. The molecule has 0 bridgehead atoms. The van der Waals surface area contributed by atoms with Crippen molar-refractivity contribution in [3.05, 3.63) is 41.9 Å². The molecule has 3 rings (SSSR count). The monoisotopic (exact) mass is 340 g/mol. The first-order valence-corrected chi connectivity index (χ1v) is 8.53. The van der Waals surface area contributed by atoms with Crippen molar-refractivity contribution in [2.75, 3.05) is 25.0 Å². The van der Waals surface area contributed by atoms with Crippen LogP contribution in [0.3, 0.4) is 0 Å². The Balaban J connectivity index is 1.64. The molecule has 7 heteroatoms. The van der Waals surface area contributed by atoms with Crippen LogP contribution in [0.4, 0.5) is 5.82 Å². The van der Waals surface area contributed by atoms with Crippen molar-refractivity contribution in [3.8, 4) is 0 Å². The summed E-state index contributed by atoms with van der Waals surface area (Å²) in [5, 5.41) is 12.5. The van der Waals surface area contributed by atoms with Crippen molar-refractivity contribution in [3.63, 3.8) is 0 Å². The molecular formula is C18H24N6O. The van der Waals surface area contributed by atoms with Gasteiger partial charge in [-0.15, -0.1) is 5.10 Å². The minimum Gasteiger partial charge on any atom is -0.353 e. The minimum atomic E-state index is 0.00282. The quantitative estimate of drug-likeness (QED) is 0.792. The summed E-state index contributed by atoms with van der Waals surface area (Å²) in [6.07, 6.45) is 7.16. The van der Waals surface area contributed by atoms with Crippen molar-refractivity contribution < 1.29 is 4.79 Å². The molecule has 3 heterocycles. The Morgan fingerprint density at radius 1 is 1.32 bits per heavy atom. The smallest absolute Gasteiger partial charge is 0.246 e. The highest BCUT2D eigenvalue weighted by molar-refractivity contribution is 5.91. The van der Waals surface area contributed by atoms with Gasteiger partial charge in [0.1, 0.15) is 0 Å². The van der Waals surface area contributed by atoms with Gasteiger partial charge in [-0.05, 0) is 44.0 Å². The highest BCUT2D eigenvalue weighted by atomic mass is 16.2. The molecule has 2 aromatic heterocycles. The van der Waals surface area contributed by atoms with Crippen LogP contribution < -0.4 is 4.90 Å². The zero-order chi connectivity index (χ0) is 17.8. The van der Waals surface area contributed by atoms with Crippen molar-refractivity contribution in [1.29, 1.82) is 0 Å². The molecule has 0 saturated carbocycles. The minimum absolute atomic E-state index is 0.00282. The van der Waals surface area contributed by atoms with Crippen LogP contribution in [0.2, 0.25) is 0 Å². The Bertz CT molecular complexity index is 751. The van der Waals surface area contributed by atoms with E-state index in [4.69, 9.17) is 0 Å². The van der Waals surface area contributed by atoms with E-state index in [9.17, 15) is 4.79 Å². The number of anilines is 1. The molecule has 1 saturated heterocycles. The van der Waals surface area contributed by atoms with E-state index < -0.39 is 0 Å². The van der Waals surface area contributed by atoms with Crippen LogP contribution in [0.25, 0.3) is 6.08 Å². The lowest BCUT2D eigenvalue weighted by atomic mass is 10.0. The normalized spacial score (nSPS) is 17.9. The third-order valence-corrected chi connectivity index (χ3v) is 4.66. The summed E-state index contributed by atoms with van der Waals surface area (Å²) < 4.78 is 1.74. The van der Waals surface area contributed by atoms with Gasteiger partial charge in [0.15, 0.2) is 5.82 Å². The van der Waals surface area contributed by atoms with Crippen LogP contribution in [-0.2, 0) is 11.8 Å². The molecule has 0 aromatic carbocycles. The molecule has 1 unspecified atom stereocenters. The van der Waals surface area contributed by atoms with E-state index in [0.717, 1.165) is 43.1 Å². The second kappa shape index (κ2) is 7.46. The summed E-state index contributed by atoms with van der Waals surface area (Å²) >= 11 is 0. The van der Waals surface area contributed by atoms with Crippen molar-refractivity contribution in [1.82, 2.24) is 24.9 Å². The van der Waals surface area contributed by atoms with E-state index in [-0.39, 0.29) is 11.9 Å². The topological polar surface area (TPSA) is 67.2 Å². The molecule has 2 aromatic rings. The number of aryl methyl sites for hydroxylation is 2. The van der Waals surface area contributed by atoms with Gasteiger partial charge in [0.05, 0.1) is 11.4 Å². The summed E-state index contributed by atoms with van der Waals surface area (Å²) in [4.78, 5) is 16.5. The summed E-state index contributed by atoms with van der Waals surface area (Å²) in [5.74, 6) is 0.879.